The number of carboxylic acid groups (broad SMARTS) is 1. The van der Waals surface area contributed by atoms with Crippen molar-refractivity contribution in [3.63, 3.8) is 0 Å². The van der Waals surface area contributed by atoms with Gasteiger partial charge in [-0.2, -0.15) is 15.0 Å². The molecule has 0 bridgehead atoms. The van der Waals surface area contributed by atoms with Crippen LogP contribution in [0, 0.1) is 0 Å². The molecule has 2 N–H and O–H groups in total. The van der Waals surface area contributed by atoms with E-state index >= 15 is 0 Å². The van der Waals surface area contributed by atoms with Crippen LogP contribution < -0.4 is 9.62 Å². The first-order valence-electron chi connectivity index (χ1n) is 9.97. The molecule has 0 fully saturated rings. The zero-order chi connectivity index (χ0) is 23.6. The van der Waals surface area contributed by atoms with Gasteiger partial charge in [0.25, 0.3) is 0 Å². The van der Waals surface area contributed by atoms with Gasteiger partial charge in [0.05, 0.1) is 28.0 Å². The summed E-state index contributed by atoms with van der Waals surface area (Å²) in [5.74, 6) is -1.28. The van der Waals surface area contributed by atoms with Crippen LogP contribution in [0.4, 0.5) is 22.7 Å². The third-order valence-electron chi connectivity index (χ3n) is 5.05. The molecule has 3 aromatic rings. The molecule has 9 nitrogen and oxygen atoms in total. The summed E-state index contributed by atoms with van der Waals surface area (Å²) < 4.78 is 28.3. The molecular formula is C23H21N5O4S. The molecule has 0 radical (unpaired) electrons. The third-order valence-corrected chi connectivity index (χ3v) is 6.49. The van der Waals surface area contributed by atoms with Crippen LogP contribution in [0.2, 0.25) is 0 Å². The van der Waals surface area contributed by atoms with Crippen molar-refractivity contribution >= 4 is 44.5 Å². The molecule has 1 aliphatic heterocycles. The van der Waals surface area contributed by atoms with Gasteiger partial charge in [0.15, 0.2) is 0 Å². The van der Waals surface area contributed by atoms with Gasteiger partial charge in [0.1, 0.15) is 5.71 Å². The van der Waals surface area contributed by atoms with E-state index < -0.39 is 22.0 Å². The first-order chi connectivity index (χ1) is 15.7. The van der Waals surface area contributed by atoms with Crippen molar-refractivity contribution in [3.05, 3.63) is 78.4 Å². The molecule has 1 heterocycles. The number of carboxylic acids is 1. The molecule has 1 unspecified atom stereocenters. The number of hydrogen-bond acceptors (Lipinski definition) is 7. The summed E-state index contributed by atoms with van der Waals surface area (Å²) in [4.78, 5) is 17.6. The Morgan fingerprint density at radius 3 is 2.09 bits per heavy atom. The highest BCUT2D eigenvalue weighted by molar-refractivity contribution is 7.89. The zero-order valence-electron chi connectivity index (χ0n) is 17.9. The maximum Gasteiger partial charge on any atom is 0.352 e. The fourth-order valence-corrected chi connectivity index (χ4v) is 4.49. The van der Waals surface area contributed by atoms with Crippen LogP contribution in [0.25, 0.3) is 0 Å². The smallest absolute Gasteiger partial charge is 0.352 e. The first kappa shape index (κ1) is 22.3. The normalized spacial score (nSPS) is 15.3. The predicted molar refractivity (Wildman–Crippen MR) is 126 cm³/mol. The minimum absolute atomic E-state index is 0.0223. The fraction of sp³-hybridized carbons (Fsp3) is 0.130. The van der Waals surface area contributed by atoms with E-state index in [-0.39, 0.29) is 10.6 Å². The molecule has 1 atom stereocenters. The quantitative estimate of drug-likeness (QED) is 0.504. The Labute approximate surface area is 191 Å². The van der Waals surface area contributed by atoms with Crippen LogP contribution in [-0.4, -0.2) is 39.3 Å². The molecule has 4 rings (SSSR count). The van der Waals surface area contributed by atoms with Gasteiger partial charge in [-0.25, -0.2) is 18.2 Å². The number of azo groups is 1. The number of carbonyl (C=O) groups is 1. The molecule has 0 amide bonds. The van der Waals surface area contributed by atoms with Gasteiger partial charge in [-0.1, -0.05) is 18.2 Å². The van der Waals surface area contributed by atoms with Gasteiger partial charge in [0, 0.05) is 25.3 Å². The maximum atomic E-state index is 12.9. The number of anilines is 1. The molecule has 10 heteroatoms. The van der Waals surface area contributed by atoms with E-state index in [2.05, 4.69) is 19.9 Å². The number of nitrogens with zero attached hydrogens (tertiary/aromatic N) is 4. The van der Waals surface area contributed by atoms with Crippen LogP contribution in [0.3, 0.4) is 0 Å². The average molecular weight is 464 g/mol. The topological polar surface area (TPSA) is 124 Å². The van der Waals surface area contributed by atoms with Gasteiger partial charge in [-0.05, 0) is 54.6 Å². The lowest BCUT2D eigenvalue weighted by atomic mass is 10.1. The highest BCUT2D eigenvalue weighted by atomic mass is 32.2. The number of aliphatic carboxylic acids is 1. The van der Waals surface area contributed by atoms with E-state index in [0.29, 0.717) is 22.6 Å². The summed E-state index contributed by atoms with van der Waals surface area (Å²) in [6.45, 7) is 0. The van der Waals surface area contributed by atoms with Crippen LogP contribution in [0.1, 0.15) is 11.6 Å². The number of aliphatic imine (C=N–C) groups is 1. The summed E-state index contributed by atoms with van der Waals surface area (Å²) in [5, 5.41) is 17.8. The van der Waals surface area contributed by atoms with E-state index in [1.165, 1.54) is 24.3 Å². The molecule has 1 aliphatic rings. The van der Waals surface area contributed by atoms with Gasteiger partial charge in [-0.15, -0.1) is 0 Å². The largest absolute Gasteiger partial charge is 0.477 e. The average Bonchev–Trinajstić information content (AvgIpc) is 3.16. The van der Waals surface area contributed by atoms with Crippen molar-refractivity contribution < 1.29 is 18.3 Å². The summed E-state index contributed by atoms with van der Waals surface area (Å²) in [5.41, 5.74) is 2.83. The Bertz CT molecular complexity index is 1350. The lowest BCUT2D eigenvalue weighted by Crippen LogP contribution is -2.35. The number of rotatable bonds is 7. The van der Waals surface area contributed by atoms with Crippen molar-refractivity contribution in [2.45, 2.75) is 10.9 Å². The van der Waals surface area contributed by atoms with E-state index in [0.717, 1.165) is 5.69 Å². The van der Waals surface area contributed by atoms with Crippen molar-refractivity contribution in [2.75, 3.05) is 19.0 Å². The van der Waals surface area contributed by atoms with Crippen LogP contribution >= 0.6 is 0 Å². The second-order valence-corrected chi connectivity index (χ2v) is 9.23. The van der Waals surface area contributed by atoms with Gasteiger partial charge < -0.3 is 10.0 Å². The lowest BCUT2D eigenvalue weighted by Gasteiger charge is -2.15. The summed E-state index contributed by atoms with van der Waals surface area (Å²) >= 11 is 0. The van der Waals surface area contributed by atoms with Crippen molar-refractivity contribution in [2.24, 2.45) is 15.2 Å². The Kier molecular flexibility index (Phi) is 6.03. The summed E-state index contributed by atoms with van der Waals surface area (Å²) in [6, 6.07) is 19.0. The van der Waals surface area contributed by atoms with E-state index in [1.54, 1.807) is 24.3 Å². The molecule has 0 aromatic heterocycles. The van der Waals surface area contributed by atoms with E-state index in [4.69, 9.17) is 0 Å². The lowest BCUT2D eigenvalue weighted by molar-refractivity contribution is -0.129. The molecule has 0 aliphatic carbocycles. The third kappa shape index (κ3) is 4.81. The Morgan fingerprint density at radius 2 is 1.52 bits per heavy atom. The number of sulfonamides is 1. The minimum Gasteiger partial charge on any atom is -0.477 e. The number of nitrogens with one attached hydrogen (secondary N) is 1. The highest BCUT2D eigenvalue weighted by Crippen LogP contribution is 2.35. The molecule has 0 saturated carbocycles. The molecule has 0 spiro atoms. The number of para-hydroxylation sites is 1. The Balaban J connectivity index is 1.51. The zero-order valence-corrected chi connectivity index (χ0v) is 18.7. The number of hydrogen-bond donors (Lipinski definition) is 2. The molecule has 0 saturated heterocycles. The van der Waals surface area contributed by atoms with Crippen LogP contribution in [-0.2, 0) is 14.8 Å². The van der Waals surface area contributed by atoms with Crippen LogP contribution in [0.15, 0.2) is 92.9 Å². The molecule has 33 heavy (non-hydrogen) atoms. The standard InChI is InChI=1S/C23H21N5O4S/c1-28(2)17-11-7-15(8-12-17)25-26-16-9-13-18(14-10-16)33(31,32)27-21-19-5-3-4-6-20(19)24-22(21)23(29)30/h3-14,21,27H,1-2H3,(H,29,30)/b26-25+. The van der Waals surface area contributed by atoms with Crippen molar-refractivity contribution in [3.8, 4) is 0 Å². The molecular weight excluding hydrogens is 442 g/mol. The summed E-state index contributed by atoms with van der Waals surface area (Å²) in [6.07, 6.45) is 0. The molecule has 3 aromatic carbocycles. The predicted octanol–water partition coefficient (Wildman–Crippen LogP) is 4.36. The summed E-state index contributed by atoms with van der Waals surface area (Å²) in [7, 11) is -0.128. The monoisotopic (exact) mass is 463 g/mol. The second-order valence-electron chi connectivity index (χ2n) is 7.52. The SMILES string of the molecule is CN(C)c1ccc(/N=N/c2ccc(S(=O)(=O)NC3C(C(=O)O)=Nc4ccccc43)cc2)cc1. The second kappa shape index (κ2) is 8.93. The molecule has 168 valence electrons. The maximum absolute atomic E-state index is 12.9. The number of benzene rings is 3. The fourth-order valence-electron chi connectivity index (χ4n) is 3.31. The Morgan fingerprint density at radius 1 is 0.939 bits per heavy atom. The van der Waals surface area contributed by atoms with Crippen molar-refractivity contribution in [1.29, 1.82) is 0 Å². The van der Waals surface area contributed by atoms with Crippen LogP contribution in [0.5, 0.6) is 0 Å². The van der Waals surface area contributed by atoms with E-state index in [1.807, 2.05) is 43.3 Å². The Hall–Kier alpha value is -3.89. The number of fused-ring (bicyclic) bond motifs is 1. The van der Waals surface area contributed by atoms with Gasteiger partial charge >= 0.3 is 5.97 Å². The van der Waals surface area contributed by atoms with Crippen molar-refractivity contribution in [1.82, 2.24) is 4.72 Å². The van der Waals surface area contributed by atoms with E-state index in [9.17, 15) is 18.3 Å². The van der Waals surface area contributed by atoms with Gasteiger partial charge in [0.2, 0.25) is 10.0 Å². The van der Waals surface area contributed by atoms with Gasteiger partial charge in [-0.3, -0.25) is 0 Å². The highest BCUT2D eigenvalue weighted by Gasteiger charge is 2.35. The minimum atomic E-state index is -4.02. The first-order valence-corrected chi connectivity index (χ1v) is 11.5.